The highest BCUT2D eigenvalue weighted by atomic mass is 16.2. The second kappa shape index (κ2) is 9.80. The van der Waals surface area contributed by atoms with Gasteiger partial charge >= 0.3 is 0 Å². The minimum absolute atomic E-state index is 0.107. The van der Waals surface area contributed by atoms with Crippen LogP contribution in [-0.4, -0.2) is 105 Å². The topological polar surface area (TPSA) is 135 Å². The molecule has 3 N–H and O–H groups in total. The van der Waals surface area contributed by atoms with Crippen LogP contribution in [0.1, 0.15) is 0 Å². The summed E-state index contributed by atoms with van der Waals surface area (Å²) in [7, 11) is 5.84. The number of fused-ring (bicyclic) bond motifs is 2. The number of carbonyl (C=O) groups excluding carboxylic acids is 1. The van der Waals surface area contributed by atoms with E-state index in [0.29, 0.717) is 28.5 Å². The largest absolute Gasteiger partial charge is 0.367 e. The third kappa shape index (κ3) is 4.66. The van der Waals surface area contributed by atoms with Gasteiger partial charge in [-0.15, -0.1) is 0 Å². The molecule has 12 heteroatoms. The summed E-state index contributed by atoms with van der Waals surface area (Å²) in [5.74, 6) is 0.532. The Labute approximate surface area is 219 Å². The Balaban J connectivity index is 1.34. The van der Waals surface area contributed by atoms with Crippen molar-refractivity contribution in [1.82, 2.24) is 44.9 Å². The van der Waals surface area contributed by atoms with Crippen molar-refractivity contribution in [3.63, 3.8) is 0 Å². The van der Waals surface area contributed by atoms with Crippen molar-refractivity contribution in [3.8, 4) is 22.8 Å². The molecular formula is C26H29N11O. The van der Waals surface area contributed by atoms with Crippen LogP contribution in [0.4, 0.5) is 11.4 Å². The Morgan fingerprint density at radius 1 is 1.11 bits per heavy atom. The summed E-state index contributed by atoms with van der Waals surface area (Å²) in [4.78, 5) is 40.4. The zero-order valence-corrected chi connectivity index (χ0v) is 21.6. The maximum Gasteiger partial charge on any atom is 0.238 e. The maximum absolute atomic E-state index is 12.2. The highest BCUT2D eigenvalue weighted by molar-refractivity contribution is 5.96. The maximum atomic E-state index is 12.2. The number of hydrogen-bond acceptors (Lipinski definition) is 9. The van der Waals surface area contributed by atoms with Gasteiger partial charge in [0.1, 0.15) is 11.2 Å². The number of nitrogens with one attached hydrogen (secondary N) is 3. The van der Waals surface area contributed by atoms with E-state index in [4.69, 9.17) is 4.98 Å². The van der Waals surface area contributed by atoms with E-state index in [1.807, 2.05) is 43.4 Å². The van der Waals surface area contributed by atoms with Gasteiger partial charge in [-0.1, -0.05) is 0 Å². The molecule has 0 aliphatic carbocycles. The third-order valence-corrected chi connectivity index (χ3v) is 6.66. The summed E-state index contributed by atoms with van der Waals surface area (Å²) in [5, 5.41) is 11.4. The first-order valence-electron chi connectivity index (χ1n) is 12.5. The number of H-pyrrole nitrogens is 2. The van der Waals surface area contributed by atoms with Crippen molar-refractivity contribution < 1.29 is 4.79 Å². The molecule has 1 fully saturated rings. The molecule has 5 aromatic rings. The number of pyridine rings is 3. The van der Waals surface area contributed by atoms with Crippen molar-refractivity contribution in [2.45, 2.75) is 0 Å². The molecule has 12 nitrogen and oxygen atoms in total. The monoisotopic (exact) mass is 511 g/mol. The van der Waals surface area contributed by atoms with E-state index in [1.165, 1.54) is 0 Å². The van der Waals surface area contributed by atoms with Crippen molar-refractivity contribution in [2.75, 3.05) is 64.1 Å². The number of nitrogens with zero attached hydrogens (tertiary/aromatic N) is 8. The van der Waals surface area contributed by atoms with Crippen LogP contribution >= 0.6 is 0 Å². The molecule has 0 unspecified atom stereocenters. The molecule has 0 radical (unpaired) electrons. The molecule has 5 aromatic heterocycles. The molecule has 0 aromatic carbocycles. The summed E-state index contributed by atoms with van der Waals surface area (Å²) >= 11 is 0. The molecule has 1 amide bonds. The van der Waals surface area contributed by atoms with E-state index in [9.17, 15) is 4.79 Å². The Morgan fingerprint density at radius 3 is 2.76 bits per heavy atom. The van der Waals surface area contributed by atoms with Gasteiger partial charge in [0.15, 0.2) is 11.5 Å². The van der Waals surface area contributed by atoms with Crippen LogP contribution in [0, 0.1) is 0 Å². The van der Waals surface area contributed by atoms with Crippen LogP contribution in [-0.2, 0) is 4.79 Å². The lowest BCUT2D eigenvalue weighted by molar-refractivity contribution is -0.116. The summed E-state index contributed by atoms with van der Waals surface area (Å²) in [6, 6.07) is 5.86. The van der Waals surface area contributed by atoms with Crippen LogP contribution in [0.2, 0.25) is 0 Å². The number of aromatic amines is 2. The molecule has 6 rings (SSSR count). The minimum Gasteiger partial charge on any atom is -0.367 e. The molecule has 6 heterocycles. The second-order valence-corrected chi connectivity index (χ2v) is 9.84. The Bertz CT molecular complexity index is 1610. The van der Waals surface area contributed by atoms with Crippen molar-refractivity contribution >= 4 is 39.3 Å². The van der Waals surface area contributed by atoms with E-state index in [-0.39, 0.29) is 12.5 Å². The molecule has 1 aliphatic rings. The minimum atomic E-state index is -0.107. The van der Waals surface area contributed by atoms with Gasteiger partial charge in [-0.25, -0.2) is 9.97 Å². The Morgan fingerprint density at radius 2 is 1.95 bits per heavy atom. The lowest BCUT2D eigenvalue weighted by Crippen LogP contribution is -2.44. The third-order valence-electron chi connectivity index (χ3n) is 6.66. The second-order valence-electron chi connectivity index (χ2n) is 9.84. The molecule has 38 heavy (non-hydrogen) atoms. The van der Waals surface area contributed by atoms with Crippen LogP contribution in [0.15, 0.2) is 43.0 Å². The van der Waals surface area contributed by atoms with Crippen molar-refractivity contribution in [2.24, 2.45) is 0 Å². The first-order valence-corrected chi connectivity index (χ1v) is 12.5. The van der Waals surface area contributed by atoms with Gasteiger partial charge in [-0.3, -0.25) is 19.9 Å². The standard InChI is InChI=1S/C26H29N11O/c1-35(2)15-22(38)30-17-10-16(12-27-13-17)19-11-18-20(14-29-19)33-34-23(18)26-31-24-21(4-5-28-25(24)32-26)37-8-6-36(3)7-9-37/h4-5,10-14H,6-9,15H2,1-3H3,(H,30,38)(H,33,34)(H,28,31,32). The quantitative estimate of drug-likeness (QED) is 0.314. The van der Waals surface area contributed by atoms with Gasteiger partial charge in [0, 0.05) is 49.5 Å². The molecule has 194 valence electrons. The number of piperazine rings is 1. The average molecular weight is 512 g/mol. The summed E-state index contributed by atoms with van der Waals surface area (Å²) in [6.45, 7) is 4.22. The van der Waals surface area contributed by atoms with Gasteiger partial charge in [-0.2, -0.15) is 5.10 Å². The first kappa shape index (κ1) is 23.9. The zero-order chi connectivity index (χ0) is 26.2. The van der Waals surface area contributed by atoms with Gasteiger partial charge in [0.2, 0.25) is 5.91 Å². The molecule has 0 spiro atoms. The lowest BCUT2D eigenvalue weighted by atomic mass is 10.1. The fourth-order valence-corrected chi connectivity index (χ4v) is 4.71. The van der Waals surface area contributed by atoms with Gasteiger partial charge in [0.25, 0.3) is 0 Å². The number of aromatic nitrogens is 7. The van der Waals surface area contributed by atoms with Crippen LogP contribution in [0.25, 0.3) is 44.8 Å². The van der Waals surface area contributed by atoms with Crippen LogP contribution in [0.5, 0.6) is 0 Å². The SMILES string of the molecule is CN(C)CC(=O)Nc1cncc(-c2cc3c(-c4nc5nccc(N6CCN(C)CC6)c5[nH]4)n[nH]c3cn2)c1. The van der Waals surface area contributed by atoms with Gasteiger partial charge < -0.3 is 25.0 Å². The van der Waals surface area contributed by atoms with E-state index in [2.05, 4.69) is 52.3 Å². The fourth-order valence-electron chi connectivity index (χ4n) is 4.71. The highest BCUT2D eigenvalue weighted by Gasteiger charge is 2.20. The normalized spacial score (nSPS) is 14.6. The van der Waals surface area contributed by atoms with E-state index in [1.54, 1.807) is 18.6 Å². The molecule has 0 saturated carbocycles. The Hall–Kier alpha value is -4.42. The van der Waals surface area contributed by atoms with Crippen LogP contribution < -0.4 is 10.2 Å². The first-order chi connectivity index (χ1) is 18.4. The fraction of sp³-hybridized carbons (Fsp3) is 0.308. The average Bonchev–Trinajstić information content (AvgIpc) is 3.52. The number of amides is 1. The highest BCUT2D eigenvalue weighted by Crippen LogP contribution is 2.31. The van der Waals surface area contributed by atoms with E-state index >= 15 is 0 Å². The lowest BCUT2D eigenvalue weighted by Gasteiger charge is -2.34. The predicted molar refractivity (Wildman–Crippen MR) is 147 cm³/mol. The number of likely N-dealkylation sites (N-methyl/N-ethyl adjacent to an activating group) is 2. The van der Waals surface area contributed by atoms with E-state index in [0.717, 1.165) is 53.8 Å². The summed E-state index contributed by atoms with van der Waals surface area (Å²) < 4.78 is 0. The summed E-state index contributed by atoms with van der Waals surface area (Å²) in [6.07, 6.45) is 6.90. The molecular weight excluding hydrogens is 482 g/mol. The molecule has 0 atom stereocenters. The number of carbonyl (C=O) groups is 1. The zero-order valence-electron chi connectivity index (χ0n) is 21.6. The number of imidazole rings is 1. The van der Waals surface area contributed by atoms with E-state index < -0.39 is 0 Å². The van der Waals surface area contributed by atoms with Gasteiger partial charge in [-0.05, 0) is 39.3 Å². The molecule has 1 saturated heterocycles. The smallest absolute Gasteiger partial charge is 0.238 e. The predicted octanol–water partition coefficient (Wildman–Crippen LogP) is 2.21. The molecule has 0 bridgehead atoms. The number of rotatable bonds is 6. The summed E-state index contributed by atoms with van der Waals surface area (Å²) in [5.41, 5.74) is 6.25. The number of hydrogen-bond donors (Lipinski definition) is 3. The van der Waals surface area contributed by atoms with Crippen molar-refractivity contribution in [3.05, 3.63) is 43.0 Å². The number of anilines is 2. The van der Waals surface area contributed by atoms with Crippen LogP contribution in [0.3, 0.4) is 0 Å². The molecule has 1 aliphatic heterocycles. The van der Waals surface area contributed by atoms with Crippen molar-refractivity contribution in [1.29, 1.82) is 0 Å². The Kier molecular flexibility index (Phi) is 6.18. The van der Waals surface area contributed by atoms with Gasteiger partial charge in [0.05, 0.1) is 41.5 Å².